The predicted octanol–water partition coefficient (Wildman–Crippen LogP) is 4.46. The standard InChI is InChI=1S/C25H27NO4/c1-14(2)17-6-8-18(9-7-17)22-21-23(28)20-16(4)12-15(3)13-19(20)30-24(21)25(29)26(22)10-5-11-27/h6-9,12-14,22,27H,5,10-11H2,1-4H3. The molecular formula is C25H27NO4. The number of amides is 1. The second-order valence-corrected chi connectivity index (χ2v) is 8.43. The van der Waals surface area contributed by atoms with E-state index in [0.717, 1.165) is 16.7 Å². The molecule has 1 amide bonds. The van der Waals surface area contributed by atoms with Crippen LogP contribution in [0.2, 0.25) is 0 Å². The summed E-state index contributed by atoms with van der Waals surface area (Å²) in [6, 6.07) is 11.3. The van der Waals surface area contributed by atoms with Gasteiger partial charge in [-0.2, -0.15) is 0 Å². The summed E-state index contributed by atoms with van der Waals surface area (Å²) in [7, 11) is 0. The Hall–Kier alpha value is -2.92. The van der Waals surface area contributed by atoms with E-state index in [4.69, 9.17) is 4.42 Å². The summed E-state index contributed by atoms with van der Waals surface area (Å²) in [4.78, 5) is 28.5. The van der Waals surface area contributed by atoms with Crippen molar-refractivity contribution in [2.45, 2.75) is 46.1 Å². The Bertz CT molecular complexity index is 1170. The number of aryl methyl sites for hydroxylation is 2. The van der Waals surface area contributed by atoms with Gasteiger partial charge >= 0.3 is 0 Å². The smallest absolute Gasteiger partial charge is 0.290 e. The highest BCUT2D eigenvalue weighted by atomic mass is 16.3. The van der Waals surface area contributed by atoms with Crippen LogP contribution in [0, 0.1) is 13.8 Å². The van der Waals surface area contributed by atoms with Crippen molar-refractivity contribution >= 4 is 16.9 Å². The molecule has 0 aliphatic carbocycles. The van der Waals surface area contributed by atoms with Crippen molar-refractivity contribution in [2.75, 3.05) is 13.2 Å². The first kappa shape index (κ1) is 20.4. The number of aliphatic hydroxyl groups is 1. The molecule has 5 nitrogen and oxygen atoms in total. The fourth-order valence-corrected chi connectivity index (χ4v) is 4.40. The maximum atomic E-state index is 13.6. The van der Waals surface area contributed by atoms with Crippen LogP contribution in [0.3, 0.4) is 0 Å². The summed E-state index contributed by atoms with van der Waals surface area (Å²) in [5, 5.41) is 9.86. The second kappa shape index (κ2) is 7.73. The second-order valence-electron chi connectivity index (χ2n) is 8.43. The maximum Gasteiger partial charge on any atom is 0.290 e. The van der Waals surface area contributed by atoms with Gasteiger partial charge in [-0.1, -0.05) is 44.2 Å². The Morgan fingerprint density at radius 1 is 1.10 bits per heavy atom. The lowest BCUT2D eigenvalue weighted by molar-refractivity contribution is 0.0716. The number of carbonyl (C=O) groups is 1. The van der Waals surface area contributed by atoms with Crippen LogP contribution in [0.15, 0.2) is 45.6 Å². The molecule has 0 bridgehead atoms. The third kappa shape index (κ3) is 3.23. The fourth-order valence-electron chi connectivity index (χ4n) is 4.40. The molecule has 1 unspecified atom stereocenters. The molecule has 5 heteroatoms. The summed E-state index contributed by atoms with van der Waals surface area (Å²) in [6.45, 7) is 8.41. The van der Waals surface area contributed by atoms with E-state index >= 15 is 0 Å². The molecule has 1 aromatic heterocycles. The predicted molar refractivity (Wildman–Crippen MR) is 117 cm³/mol. The van der Waals surface area contributed by atoms with Gasteiger partial charge in [0.15, 0.2) is 5.43 Å². The monoisotopic (exact) mass is 405 g/mol. The highest BCUT2D eigenvalue weighted by Crippen LogP contribution is 2.39. The van der Waals surface area contributed by atoms with Crippen molar-refractivity contribution in [3.8, 4) is 0 Å². The Labute approximate surface area is 175 Å². The summed E-state index contributed by atoms with van der Waals surface area (Å²) in [6.07, 6.45) is 0.437. The number of nitrogens with zero attached hydrogens (tertiary/aromatic N) is 1. The Morgan fingerprint density at radius 3 is 2.43 bits per heavy atom. The molecule has 2 aromatic carbocycles. The quantitative estimate of drug-likeness (QED) is 0.680. The number of rotatable bonds is 5. The SMILES string of the molecule is Cc1cc(C)c2c(=O)c3c(oc2c1)C(=O)N(CCCO)C3c1ccc(C(C)C)cc1. The lowest BCUT2D eigenvalue weighted by atomic mass is 9.94. The van der Waals surface area contributed by atoms with Crippen molar-refractivity contribution < 1.29 is 14.3 Å². The average Bonchev–Trinajstić information content (AvgIpc) is 2.98. The minimum Gasteiger partial charge on any atom is -0.450 e. The molecule has 0 fully saturated rings. The molecule has 0 radical (unpaired) electrons. The topological polar surface area (TPSA) is 70.8 Å². The molecule has 1 aliphatic heterocycles. The van der Waals surface area contributed by atoms with E-state index in [1.54, 1.807) is 11.0 Å². The number of hydrogen-bond acceptors (Lipinski definition) is 4. The number of fused-ring (bicyclic) bond motifs is 2. The molecule has 1 N–H and O–H groups in total. The molecule has 2 heterocycles. The van der Waals surface area contributed by atoms with Gasteiger partial charge in [0.25, 0.3) is 5.91 Å². The van der Waals surface area contributed by atoms with E-state index in [-0.39, 0.29) is 23.7 Å². The zero-order chi connectivity index (χ0) is 21.6. The van der Waals surface area contributed by atoms with Gasteiger partial charge in [-0.05, 0) is 54.5 Å². The number of benzene rings is 2. The van der Waals surface area contributed by atoms with E-state index in [9.17, 15) is 14.7 Å². The molecule has 3 aromatic rings. The Balaban J connectivity index is 1.95. The lowest BCUT2D eigenvalue weighted by Crippen LogP contribution is -2.31. The van der Waals surface area contributed by atoms with Gasteiger partial charge in [-0.15, -0.1) is 0 Å². The van der Waals surface area contributed by atoms with E-state index in [0.29, 0.717) is 35.4 Å². The highest BCUT2D eigenvalue weighted by Gasteiger charge is 2.42. The van der Waals surface area contributed by atoms with E-state index in [2.05, 4.69) is 13.8 Å². The molecule has 1 aliphatic rings. The first-order valence-electron chi connectivity index (χ1n) is 10.4. The minimum absolute atomic E-state index is 0.0270. The van der Waals surface area contributed by atoms with Gasteiger partial charge in [-0.25, -0.2) is 0 Å². The van der Waals surface area contributed by atoms with E-state index in [1.165, 1.54) is 5.56 Å². The minimum atomic E-state index is -0.512. The third-order valence-corrected chi connectivity index (χ3v) is 5.89. The van der Waals surface area contributed by atoms with Gasteiger partial charge in [0.2, 0.25) is 5.76 Å². The number of carbonyl (C=O) groups excluding carboxylic acids is 1. The van der Waals surface area contributed by atoms with Crippen molar-refractivity contribution in [1.82, 2.24) is 4.90 Å². The lowest BCUT2D eigenvalue weighted by Gasteiger charge is -2.25. The largest absolute Gasteiger partial charge is 0.450 e. The van der Waals surface area contributed by atoms with Crippen LogP contribution in [0.25, 0.3) is 11.0 Å². The molecule has 0 spiro atoms. The van der Waals surface area contributed by atoms with Crippen LogP contribution in [-0.4, -0.2) is 29.1 Å². The van der Waals surface area contributed by atoms with Gasteiger partial charge < -0.3 is 14.4 Å². The molecule has 156 valence electrons. The maximum absolute atomic E-state index is 13.6. The van der Waals surface area contributed by atoms with E-state index < -0.39 is 6.04 Å². The van der Waals surface area contributed by atoms with Crippen molar-refractivity contribution in [3.05, 3.63) is 80.2 Å². The molecule has 30 heavy (non-hydrogen) atoms. The van der Waals surface area contributed by atoms with Gasteiger partial charge in [0.05, 0.1) is 17.0 Å². The van der Waals surface area contributed by atoms with Crippen LogP contribution in [0.5, 0.6) is 0 Å². The van der Waals surface area contributed by atoms with Gasteiger partial charge in [-0.3, -0.25) is 9.59 Å². The molecule has 0 saturated carbocycles. The number of aliphatic hydroxyl groups excluding tert-OH is 1. The summed E-state index contributed by atoms with van der Waals surface area (Å²) in [5.41, 5.74) is 4.59. The van der Waals surface area contributed by atoms with Crippen LogP contribution >= 0.6 is 0 Å². The van der Waals surface area contributed by atoms with Crippen LogP contribution in [0.4, 0.5) is 0 Å². The zero-order valence-electron chi connectivity index (χ0n) is 17.9. The average molecular weight is 405 g/mol. The summed E-state index contributed by atoms with van der Waals surface area (Å²) >= 11 is 0. The van der Waals surface area contributed by atoms with Gasteiger partial charge in [0.1, 0.15) is 5.58 Å². The fraction of sp³-hybridized carbons (Fsp3) is 0.360. The Morgan fingerprint density at radius 2 is 1.80 bits per heavy atom. The molecular weight excluding hydrogens is 378 g/mol. The Kier molecular flexibility index (Phi) is 5.24. The van der Waals surface area contributed by atoms with Crippen LogP contribution < -0.4 is 5.43 Å². The van der Waals surface area contributed by atoms with Gasteiger partial charge in [0, 0.05) is 13.2 Å². The highest BCUT2D eigenvalue weighted by molar-refractivity contribution is 5.99. The molecule has 1 atom stereocenters. The van der Waals surface area contributed by atoms with E-state index in [1.807, 2.05) is 44.2 Å². The summed E-state index contributed by atoms with van der Waals surface area (Å²) in [5.74, 6) is 0.213. The normalized spacial score (nSPS) is 16.0. The summed E-state index contributed by atoms with van der Waals surface area (Å²) < 4.78 is 6.03. The zero-order valence-corrected chi connectivity index (χ0v) is 17.9. The number of hydrogen-bond donors (Lipinski definition) is 1. The first-order valence-corrected chi connectivity index (χ1v) is 10.4. The van der Waals surface area contributed by atoms with Crippen LogP contribution in [-0.2, 0) is 0 Å². The molecule has 0 saturated heterocycles. The van der Waals surface area contributed by atoms with Crippen molar-refractivity contribution in [3.63, 3.8) is 0 Å². The van der Waals surface area contributed by atoms with Crippen molar-refractivity contribution in [2.24, 2.45) is 0 Å². The first-order chi connectivity index (χ1) is 14.3. The van der Waals surface area contributed by atoms with Crippen LogP contribution in [0.1, 0.15) is 70.6 Å². The molecule has 4 rings (SSSR count). The third-order valence-electron chi connectivity index (χ3n) is 5.89. The van der Waals surface area contributed by atoms with Crippen molar-refractivity contribution in [1.29, 1.82) is 0 Å².